The summed E-state index contributed by atoms with van der Waals surface area (Å²) in [6.45, 7) is 0.273. The molecular formula is C15H22OS. The van der Waals surface area contributed by atoms with E-state index in [4.69, 9.17) is 5.11 Å². The van der Waals surface area contributed by atoms with Crippen LogP contribution in [-0.4, -0.2) is 11.7 Å². The summed E-state index contributed by atoms with van der Waals surface area (Å²) >= 11 is 1.74. The molecule has 17 heavy (non-hydrogen) atoms. The van der Waals surface area contributed by atoms with Crippen LogP contribution in [0.15, 0.2) is 29.0 Å². The molecule has 0 spiro atoms. The second-order valence-corrected chi connectivity index (χ2v) is 5.74. The first-order valence-electron chi connectivity index (χ1n) is 6.71. The fourth-order valence-electron chi connectivity index (χ4n) is 2.62. The normalized spacial score (nSPS) is 19.8. The summed E-state index contributed by atoms with van der Waals surface area (Å²) in [5, 5.41) is 13.5. The number of hydrogen-bond acceptors (Lipinski definition) is 2. The van der Waals surface area contributed by atoms with Crippen LogP contribution < -0.4 is 0 Å². The van der Waals surface area contributed by atoms with Crippen LogP contribution in [0.4, 0.5) is 0 Å². The standard InChI is InChI=1S/C15H22OS/c16-10-8-14(15-9-11-17-12-15)7-6-13-4-2-1-3-5-13/h6-7,9,11-14,16H,1-5,8,10H2. The highest BCUT2D eigenvalue weighted by molar-refractivity contribution is 7.08. The maximum absolute atomic E-state index is 9.14. The van der Waals surface area contributed by atoms with Gasteiger partial charge in [0.15, 0.2) is 0 Å². The van der Waals surface area contributed by atoms with Gasteiger partial charge in [-0.15, -0.1) is 0 Å². The Balaban J connectivity index is 1.94. The minimum atomic E-state index is 0.273. The zero-order valence-corrected chi connectivity index (χ0v) is 11.2. The van der Waals surface area contributed by atoms with E-state index in [0.29, 0.717) is 5.92 Å². The molecule has 1 saturated carbocycles. The van der Waals surface area contributed by atoms with E-state index in [1.165, 1.54) is 37.7 Å². The van der Waals surface area contributed by atoms with Crippen molar-refractivity contribution in [3.63, 3.8) is 0 Å². The predicted molar refractivity (Wildman–Crippen MR) is 74.5 cm³/mol. The van der Waals surface area contributed by atoms with Crippen molar-refractivity contribution in [3.8, 4) is 0 Å². The van der Waals surface area contributed by atoms with E-state index in [2.05, 4.69) is 29.0 Å². The molecule has 1 unspecified atom stereocenters. The highest BCUT2D eigenvalue weighted by Gasteiger charge is 2.12. The minimum absolute atomic E-state index is 0.273. The highest BCUT2D eigenvalue weighted by Crippen LogP contribution is 2.28. The predicted octanol–water partition coefficient (Wildman–Crippen LogP) is 4.35. The molecule has 0 saturated heterocycles. The second kappa shape index (κ2) is 6.97. The van der Waals surface area contributed by atoms with Gasteiger partial charge in [-0.25, -0.2) is 0 Å². The van der Waals surface area contributed by atoms with Gasteiger partial charge in [-0.3, -0.25) is 0 Å². The summed E-state index contributed by atoms with van der Waals surface area (Å²) in [7, 11) is 0. The molecule has 1 N–H and O–H groups in total. The molecule has 1 aliphatic carbocycles. The summed E-state index contributed by atoms with van der Waals surface area (Å²) in [5.41, 5.74) is 1.36. The van der Waals surface area contributed by atoms with Crippen LogP contribution in [0.25, 0.3) is 0 Å². The van der Waals surface area contributed by atoms with Crippen LogP contribution in [0, 0.1) is 5.92 Å². The van der Waals surface area contributed by atoms with Crippen molar-refractivity contribution in [3.05, 3.63) is 34.5 Å². The molecule has 0 aromatic carbocycles. The van der Waals surface area contributed by atoms with Crippen molar-refractivity contribution >= 4 is 11.3 Å². The highest BCUT2D eigenvalue weighted by atomic mass is 32.1. The van der Waals surface area contributed by atoms with E-state index in [1.54, 1.807) is 11.3 Å². The number of rotatable bonds is 5. The first-order chi connectivity index (χ1) is 8.40. The lowest BCUT2D eigenvalue weighted by Crippen LogP contribution is -2.04. The van der Waals surface area contributed by atoms with Gasteiger partial charge in [-0.1, -0.05) is 31.4 Å². The SMILES string of the molecule is OCCC(C=CC1CCCCC1)c1ccsc1. The summed E-state index contributed by atoms with van der Waals surface area (Å²) in [6, 6.07) is 2.18. The molecule has 1 nitrogen and oxygen atoms in total. The molecule has 0 radical (unpaired) electrons. The molecule has 2 rings (SSSR count). The number of aliphatic hydroxyl groups excluding tert-OH is 1. The topological polar surface area (TPSA) is 20.2 Å². The Hall–Kier alpha value is -0.600. The minimum Gasteiger partial charge on any atom is -0.396 e. The number of hydrogen-bond donors (Lipinski definition) is 1. The van der Waals surface area contributed by atoms with Gasteiger partial charge in [-0.2, -0.15) is 11.3 Å². The van der Waals surface area contributed by atoms with Crippen LogP contribution in [0.2, 0.25) is 0 Å². The fourth-order valence-corrected chi connectivity index (χ4v) is 3.34. The smallest absolute Gasteiger partial charge is 0.0439 e. The van der Waals surface area contributed by atoms with Crippen LogP contribution in [0.5, 0.6) is 0 Å². The van der Waals surface area contributed by atoms with Crippen LogP contribution >= 0.6 is 11.3 Å². The Bertz CT molecular complexity index is 323. The van der Waals surface area contributed by atoms with Crippen molar-refractivity contribution in [2.75, 3.05) is 6.61 Å². The molecule has 1 atom stereocenters. The Kier molecular flexibility index (Phi) is 5.27. The molecule has 0 bridgehead atoms. The zero-order valence-electron chi connectivity index (χ0n) is 10.3. The molecular weight excluding hydrogens is 228 g/mol. The summed E-state index contributed by atoms with van der Waals surface area (Å²) < 4.78 is 0. The van der Waals surface area contributed by atoms with E-state index < -0.39 is 0 Å². The van der Waals surface area contributed by atoms with Gasteiger partial charge in [0.25, 0.3) is 0 Å². The number of allylic oxidation sites excluding steroid dienone is 2. The quantitative estimate of drug-likeness (QED) is 0.770. The Morgan fingerprint density at radius 3 is 2.82 bits per heavy atom. The van der Waals surface area contributed by atoms with Crippen molar-refractivity contribution in [1.29, 1.82) is 0 Å². The zero-order chi connectivity index (χ0) is 11.9. The molecule has 0 amide bonds. The molecule has 2 heteroatoms. The largest absolute Gasteiger partial charge is 0.396 e. The summed E-state index contributed by atoms with van der Waals surface area (Å²) in [4.78, 5) is 0. The molecule has 1 aromatic rings. The third-order valence-electron chi connectivity index (χ3n) is 3.68. The number of thiophene rings is 1. The van der Waals surface area contributed by atoms with E-state index in [1.807, 2.05) is 0 Å². The van der Waals surface area contributed by atoms with Crippen molar-refractivity contribution in [2.45, 2.75) is 44.4 Å². The van der Waals surface area contributed by atoms with Gasteiger partial charge in [-0.05, 0) is 47.6 Å². The summed E-state index contributed by atoms with van der Waals surface area (Å²) in [6.07, 6.45) is 12.5. The van der Waals surface area contributed by atoms with Crippen molar-refractivity contribution in [1.82, 2.24) is 0 Å². The molecule has 94 valence electrons. The maximum atomic E-state index is 9.14. The molecule has 0 aliphatic heterocycles. The van der Waals surface area contributed by atoms with Crippen LogP contribution in [0.1, 0.15) is 50.0 Å². The third kappa shape index (κ3) is 3.97. The van der Waals surface area contributed by atoms with E-state index in [0.717, 1.165) is 12.3 Å². The van der Waals surface area contributed by atoms with Crippen molar-refractivity contribution in [2.24, 2.45) is 5.92 Å². The van der Waals surface area contributed by atoms with Gasteiger partial charge in [0.2, 0.25) is 0 Å². The molecule has 1 fully saturated rings. The average molecular weight is 250 g/mol. The molecule has 1 heterocycles. The fraction of sp³-hybridized carbons (Fsp3) is 0.600. The van der Waals surface area contributed by atoms with Gasteiger partial charge in [0, 0.05) is 12.5 Å². The lowest BCUT2D eigenvalue weighted by atomic mass is 9.87. The molecule has 1 aliphatic rings. The van der Waals surface area contributed by atoms with E-state index in [-0.39, 0.29) is 6.61 Å². The van der Waals surface area contributed by atoms with Gasteiger partial charge in [0.1, 0.15) is 0 Å². The maximum Gasteiger partial charge on any atom is 0.0439 e. The van der Waals surface area contributed by atoms with E-state index in [9.17, 15) is 0 Å². The lowest BCUT2D eigenvalue weighted by molar-refractivity contribution is 0.282. The van der Waals surface area contributed by atoms with Crippen LogP contribution in [-0.2, 0) is 0 Å². The first-order valence-corrected chi connectivity index (χ1v) is 7.65. The third-order valence-corrected chi connectivity index (χ3v) is 4.38. The lowest BCUT2D eigenvalue weighted by Gasteiger charge is -2.19. The average Bonchev–Trinajstić information content (AvgIpc) is 2.89. The Morgan fingerprint density at radius 2 is 2.18 bits per heavy atom. The number of aliphatic hydroxyl groups is 1. The van der Waals surface area contributed by atoms with Gasteiger partial charge < -0.3 is 5.11 Å². The Labute approximate surface area is 108 Å². The van der Waals surface area contributed by atoms with E-state index >= 15 is 0 Å². The van der Waals surface area contributed by atoms with Gasteiger partial charge in [0.05, 0.1) is 0 Å². The summed E-state index contributed by atoms with van der Waals surface area (Å²) in [5.74, 6) is 1.19. The first kappa shape index (κ1) is 12.8. The molecule has 1 aromatic heterocycles. The van der Waals surface area contributed by atoms with Gasteiger partial charge >= 0.3 is 0 Å². The second-order valence-electron chi connectivity index (χ2n) is 4.96. The van der Waals surface area contributed by atoms with Crippen LogP contribution in [0.3, 0.4) is 0 Å². The Morgan fingerprint density at radius 1 is 1.35 bits per heavy atom. The monoisotopic (exact) mass is 250 g/mol. The van der Waals surface area contributed by atoms with Crippen molar-refractivity contribution < 1.29 is 5.11 Å².